The lowest BCUT2D eigenvalue weighted by molar-refractivity contribution is 0.0596. The van der Waals surface area contributed by atoms with Gasteiger partial charge in [-0.25, -0.2) is 4.39 Å². The first-order chi connectivity index (χ1) is 17.4. The molecule has 1 aliphatic rings. The lowest BCUT2D eigenvalue weighted by Gasteiger charge is -2.36. The number of hydrogen-bond acceptors (Lipinski definition) is 3. The summed E-state index contributed by atoms with van der Waals surface area (Å²) in [7, 11) is 1.63. The molecule has 1 heterocycles. The molecule has 3 aromatic carbocycles. The van der Waals surface area contributed by atoms with Gasteiger partial charge in [0.2, 0.25) is 0 Å². The van der Waals surface area contributed by atoms with Crippen molar-refractivity contribution in [1.29, 1.82) is 0 Å². The van der Waals surface area contributed by atoms with Crippen LogP contribution in [-0.2, 0) is 6.54 Å². The van der Waals surface area contributed by atoms with Gasteiger partial charge in [0.25, 0.3) is 5.91 Å². The Bertz CT molecular complexity index is 1380. The minimum Gasteiger partial charge on any atom is -0.497 e. The van der Waals surface area contributed by atoms with E-state index in [1.165, 1.54) is 17.4 Å². The van der Waals surface area contributed by atoms with Crippen molar-refractivity contribution < 1.29 is 13.9 Å². The minimum atomic E-state index is -0.309. The second kappa shape index (κ2) is 10.6. The van der Waals surface area contributed by atoms with Gasteiger partial charge in [-0.05, 0) is 73.1 Å². The highest BCUT2D eigenvalue weighted by Crippen LogP contribution is 2.38. The molecule has 0 unspecified atom stereocenters. The lowest BCUT2D eigenvalue weighted by atomic mass is 9.86. The lowest BCUT2D eigenvalue weighted by Crippen LogP contribution is -2.41. The van der Waals surface area contributed by atoms with Crippen LogP contribution in [0.25, 0.3) is 21.2 Å². The Balaban J connectivity index is 1.50. The van der Waals surface area contributed by atoms with Crippen molar-refractivity contribution in [1.82, 2.24) is 4.90 Å². The first-order valence-corrected chi connectivity index (χ1v) is 13.5. The first kappa shape index (κ1) is 24.8. The number of benzene rings is 3. The molecular weight excluding hydrogens is 493 g/mol. The number of nitrogens with zero attached hydrogens (tertiary/aromatic N) is 1. The van der Waals surface area contributed by atoms with Gasteiger partial charge in [0, 0.05) is 28.2 Å². The van der Waals surface area contributed by atoms with Crippen molar-refractivity contribution >= 4 is 38.9 Å². The van der Waals surface area contributed by atoms with Crippen LogP contribution in [0.3, 0.4) is 0 Å². The summed E-state index contributed by atoms with van der Waals surface area (Å²) in [5.74, 6) is 0.984. The van der Waals surface area contributed by atoms with E-state index in [0.717, 1.165) is 52.6 Å². The zero-order valence-corrected chi connectivity index (χ0v) is 22.0. The quantitative estimate of drug-likeness (QED) is 0.254. The average molecular weight is 522 g/mol. The standard InChI is InChI=1S/C30H29ClFNO2S/c1-19-7-12-23(13-8-19)33(30(34)29-28(31)25-5-3-4-6-27(25)36-29)18-22-17-21(11-16-26(22)32)20-9-14-24(35-2)15-10-20/h3-6,9-11,14-17,19,23H,7-8,12-13,18H2,1-2H3. The summed E-state index contributed by atoms with van der Waals surface area (Å²) in [5, 5.41) is 1.37. The Morgan fingerprint density at radius 2 is 1.72 bits per heavy atom. The van der Waals surface area contributed by atoms with E-state index in [2.05, 4.69) is 6.92 Å². The summed E-state index contributed by atoms with van der Waals surface area (Å²) in [4.78, 5) is 16.4. The van der Waals surface area contributed by atoms with Crippen LogP contribution >= 0.6 is 22.9 Å². The second-order valence-electron chi connectivity index (χ2n) is 9.62. The van der Waals surface area contributed by atoms with Gasteiger partial charge < -0.3 is 9.64 Å². The number of methoxy groups -OCH3 is 1. The van der Waals surface area contributed by atoms with Gasteiger partial charge in [-0.2, -0.15) is 0 Å². The molecule has 0 radical (unpaired) electrons. The zero-order chi connectivity index (χ0) is 25.2. The molecule has 6 heteroatoms. The number of halogens is 2. The Morgan fingerprint density at radius 1 is 1.03 bits per heavy atom. The van der Waals surface area contributed by atoms with E-state index in [0.29, 0.717) is 21.4 Å². The molecule has 1 fully saturated rings. The molecule has 0 N–H and O–H groups in total. The highest BCUT2D eigenvalue weighted by Gasteiger charge is 2.31. The summed E-state index contributed by atoms with van der Waals surface area (Å²) in [6, 6.07) is 20.7. The fourth-order valence-electron chi connectivity index (χ4n) is 5.05. The number of thiophene rings is 1. The van der Waals surface area contributed by atoms with Crippen LogP contribution in [0.5, 0.6) is 5.75 Å². The molecule has 0 bridgehead atoms. The maximum atomic E-state index is 15.1. The average Bonchev–Trinajstić information content (AvgIpc) is 3.25. The van der Waals surface area contributed by atoms with Gasteiger partial charge in [-0.15, -0.1) is 11.3 Å². The fourth-order valence-corrected chi connectivity index (χ4v) is 6.51. The number of fused-ring (bicyclic) bond motifs is 1. The zero-order valence-electron chi connectivity index (χ0n) is 20.5. The Morgan fingerprint density at radius 3 is 2.42 bits per heavy atom. The van der Waals surface area contributed by atoms with E-state index >= 15 is 4.39 Å². The molecule has 0 spiro atoms. The van der Waals surface area contributed by atoms with Gasteiger partial charge in [0.15, 0.2) is 0 Å². The maximum Gasteiger partial charge on any atom is 0.266 e. The van der Waals surface area contributed by atoms with Gasteiger partial charge in [0.1, 0.15) is 16.4 Å². The molecule has 0 saturated heterocycles. The first-order valence-electron chi connectivity index (χ1n) is 12.4. The summed E-state index contributed by atoms with van der Waals surface area (Å²) in [6.07, 6.45) is 3.94. The molecule has 1 aliphatic carbocycles. The van der Waals surface area contributed by atoms with Gasteiger partial charge in [0.05, 0.1) is 12.1 Å². The third-order valence-electron chi connectivity index (χ3n) is 7.23. The van der Waals surface area contributed by atoms with E-state index in [1.807, 2.05) is 59.5 Å². The number of rotatable bonds is 6. The van der Waals surface area contributed by atoms with Crippen molar-refractivity contribution in [2.24, 2.45) is 5.92 Å². The third kappa shape index (κ3) is 5.00. The normalized spacial score (nSPS) is 17.8. The maximum absolute atomic E-state index is 15.1. The predicted molar refractivity (Wildman–Crippen MR) is 147 cm³/mol. The predicted octanol–water partition coefficient (Wildman–Crippen LogP) is 8.59. The number of ether oxygens (including phenoxy) is 1. The molecule has 186 valence electrons. The molecular formula is C30H29ClFNO2S. The second-order valence-corrected chi connectivity index (χ2v) is 11.1. The minimum absolute atomic E-state index is 0.0546. The Kier molecular flexibility index (Phi) is 7.31. The van der Waals surface area contributed by atoms with Crippen molar-refractivity contribution in [3.8, 4) is 16.9 Å². The van der Waals surface area contributed by atoms with Crippen LogP contribution in [0, 0.1) is 11.7 Å². The van der Waals surface area contributed by atoms with Crippen molar-refractivity contribution in [3.63, 3.8) is 0 Å². The van der Waals surface area contributed by atoms with Gasteiger partial charge in [-0.3, -0.25) is 4.79 Å². The van der Waals surface area contributed by atoms with Crippen LogP contribution in [0.4, 0.5) is 4.39 Å². The van der Waals surface area contributed by atoms with Crippen molar-refractivity contribution in [2.75, 3.05) is 7.11 Å². The van der Waals surface area contributed by atoms with Crippen LogP contribution in [-0.4, -0.2) is 24.0 Å². The molecule has 1 saturated carbocycles. The van der Waals surface area contributed by atoms with Crippen LogP contribution in [0.15, 0.2) is 66.7 Å². The highest BCUT2D eigenvalue weighted by atomic mass is 35.5. The summed E-state index contributed by atoms with van der Waals surface area (Å²) in [5.41, 5.74) is 2.38. The molecule has 1 aromatic heterocycles. The van der Waals surface area contributed by atoms with Crippen LogP contribution in [0.1, 0.15) is 47.8 Å². The largest absolute Gasteiger partial charge is 0.497 e. The number of hydrogen-bond donors (Lipinski definition) is 0. The van der Waals surface area contributed by atoms with E-state index in [1.54, 1.807) is 13.2 Å². The van der Waals surface area contributed by atoms with Crippen molar-refractivity contribution in [3.05, 3.63) is 88.0 Å². The number of carbonyl (C=O) groups is 1. The van der Waals surface area contributed by atoms with E-state index in [4.69, 9.17) is 16.3 Å². The monoisotopic (exact) mass is 521 g/mol. The SMILES string of the molecule is COc1ccc(-c2ccc(F)c(CN(C(=O)c3sc4ccccc4c3Cl)C3CCC(C)CC3)c2)cc1. The molecule has 3 nitrogen and oxygen atoms in total. The van der Waals surface area contributed by atoms with Crippen LogP contribution in [0.2, 0.25) is 5.02 Å². The third-order valence-corrected chi connectivity index (χ3v) is 8.89. The topological polar surface area (TPSA) is 29.5 Å². The molecule has 5 rings (SSSR count). The highest BCUT2D eigenvalue weighted by molar-refractivity contribution is 7.21. The molecule has 4 aromatic rings. The number of carbonyl (C=O) groups excluding carboxylic acids is 1. The van der Waals surface area contributed by atoms with E-state index < -0.39 is 0 Å². The molecule has 0 atom stereocenters. The summed E-state index contributed by atoms with van der Waals surface area (Å²) < 4.78 is 21.4. The summed E-state index contributed by atoms with van der Waals surface area (Å²) in [6.45, 7) is 2.46. The molecule has 36 heavy (non-hydrogen) atoms. The van der Waals surface area contributed by atoms with Gasteiger partial charge in [-0.1, -0.05) is 54.9 Å². The van der Waals surface area contributed by atoms with Crippen LogP contribution < -0.4 is 4.74 Å². The Labute approximate surface area is 220 Å². The smallest absolute Gasteiger partial charge is 0.266 e. The number of amides is 1. The van der Waals surface area contributed by atoms with Crippen molar-refractivity contribution in [2.45, 2.75) is 45.2 Å². The fraction of sp³-hybridized carbons (Fsp3) is 0.300. The van der Waals surface area contributed by atoms with E-state index in [-0.39, 0.29) is 24.3 Å². The Hall–Kier alpha value is -2.89. The van der Waals surface area contributed by atoms with Gasteiger partial charge >= 0.3 is 0 Å². The molecule has 0 aliphatic heterocycles. The molecule has 1 amide bonds. The van der Waals surface area contributed by atoms with E-state index in [9.17, 15) is 4.79 Å². The summed E-state index contributed by atoms with van der Waals surface area (Å²) >= 11 is 8.12.